The molecule has 13 heteroatoms. The summed E-state index contributed by atoms with van der Waals surface area (Å²) in [6.07, 6.45) is 18.1. The predicted octanol–water partition coefficient (Wildman–Crippen LogP) is 5.02. The summed E-state index contributed by atoms with van der Waals surface area (Å²) in [5.74, 6) is 0.837. The van der Waals surface area contributed by atoms with E-state index in [0.717, 1.165) is 157 Å². The van der Waals surface area contributed by atoms with E-state index < -0.39 is 0 Å². The van der Waals surface area contributed by atoms with Gasteiger partial charge in [0.25, 0.3) is 0 Å². The number of hydrogen-bond donors (Lipinski definition) is 8. The van der Waals surface area contributed by atoms with E-state index in [9.17, 15) is 0 Å². The van der Waals surface area contributed by atoms with E-state index in [2.05, 4.69) is 116 Å². The molecule has 1 unspecified atom stereocenters. The van der Waals surface area contributed by atoms with Crippen LogP contribution in [0.15, 0.2) is 0 Å². The Kier molecular flexibility index (Phi) is 52.4. The molecule has 0 aromatic rings. The van der Waals surface area contributed by atoms with E-state index in [-0.39, 0.29) is 0 Å². The number of hydrogen-bond acceptors (Lipinski definition) is 13. The molecule has 0 aliphatic heterocycles. The molecule has 0 bridgehead atoms. The van der Waals surface area contributed by atoms with Crippen LogP contribution in [-0.4, -0.2) is 221 Å². The van der Waals surface area contributed by atoms with Gasteiger partial charge in [0.05, 0.1) is 0 Å². The van der Waals surface area contributed by atoms with Crippen molar-refractivity contribution in [2.45, 2.75) is 138 Å². The quantitative estimate of drug-likeness (QED) is 0.0310. The molecule has 1 atom stereocenters. The van der Waals surface area contributed by atoms with Crippen LogP contribution in [0.4, 0.5) is 0 Å². The Labute approximate surface area is 407 Å². The third-order valence-corrected chi connectivity index (χ3v) is 12.6. The zero-order valence-corrected chi connectivity index (χ0v) is 45.2. The molecule has 0 heterocycles. The van der Waals surface area contributed by atoms with Crippen molar-refractivity contribution in [2.24, 2.45) is 5.92 Å². The van der Waals surface area contributed by atoms with Gasteiger partial charge in [-0.1, -0.05) is 80.6 Å². The fraction of sp³-hybridized carbons (Fsp3) is 1.00. The first kappa shape index (κ1) is 64.5. The van der Waals surface area contributed by atoms with Crippen LogP contribution in [0.1, 0.15) is 138 Å². The molecule has 0 aliphatic carbocycles. The highest BCUT2D eigenvalue weighted by molar-refractivity contribution is 4.70. The average molecular weight is 927 g/mol. The molecule has 392 valence electrons. The summed E-state index contributed by atoms with van der Waals surface area (Å²) in [4.78, 5) is 13.2. The lowest BCUT2D eigenvalue weighted by molar-refractivity contribution is 0.236. The second-order valence-corrected chi connectivity index (χ2v) is 18.9. The monoisotopic (exact) mass is 926 g/mol. The first-order chi connectivity index (χ1) is 32.0. The maximum Gasteiger partial charge on any atom is 0.0480 e. The van der Waals surface area contributed by atoms with Crippen LogP contribution in [0.3, 0.4) is 0 Å². The Hall–Kier alpha value is -0.520. The zero-order valence-electron chi connectivity index (χ0n) is 45.2. The molecule has 0 radical (unpaired) electrons. The van der Waals surface area contributed by atoms with Crippen molar-refractivity contribution in [3.63, 3.8) is 0 Å². The SMILES string of the molecule is CCCCCCC(CCNCCC)CCNCCN(CCNCCN(CCC)CCC)CCNCCN(CCCNCN(CCC)CCC)CCNCCN(CCC)CCNCCNC. The average Bonchev–Trinajstić information content (AvgIpc) is 3.30. The topological polar surface area (TPSA) is 112 Å². The van der Waals surface area contributed by atoms with E-state index in [1.807, 2.05) is 7.05 Å². The van der Waals surface area contributed by atoms with Gasteiger partial charge in [-0.05, 0) is 136 Å². The number of nitrogens with zero attached hydrogens (tertiary/aromatic N) is 5. The fourth-order valence-electron chi connectivity index (χ4n) is 8.80. The number of rotatable bonds is 56. The van der Waals surface area contributed by atoms with Gasteiger partial charge in [0.2, 0.25) is 0 Å². The standard InChI is InChI=1S/C52H119N13/c1-9-16-17-18-20-52(21-25-54-23-10-2)22-26-55-29-48-64(49-35-57-31-43-61(37-11-3)38-12-4)50-36-59-34-47-63(42-19-24-60-51-65(40-14-6)41-15-7)46-33-58-32-45-62(39-13-5)44-30-56-28-27-53-8/h52-60H,9-51H2,1-8H3. The molecule has 0 aromatic heterocycles. The van der Waals surface area contributed by atoms with Crippen LogP contribution in [0, 0.1) is 5.92 Å². The van der Waals surface area contributed by atoms with Crippen LogP contribution in [-0.2, 0) is 0 Å². The largest absolute Gasteiger partial charge is 0.318 e. The first-order valence-electron chi connectivity index (χ1n) is 28.2. The molecular formula is C52H119N13. The molecule has 0 spiro atoms. The van der Waals surface area contributed by atoms with Gasteiger partial charge < -0.3 is 57.2 Å². The van der Waals surface area contributed by atoms with Crippen LogP contribution >= 0.6 is 0 Å². The van der Waals surface area contributed by atoms with Crippen molar-refractivity contribution in [1.29, 1.82) is 0 Å². The van der Waals surface area contributed by atoms with Crippen LogP contribution < -0.4 is 42.5 Å². The maximum absolute atomic E-state index is 3.88. The lowest BCUT2D eigenvalue weighted by Gasteiger charge is -2.26. The number of unbranched alkanes of at least 4 members (excludes halogenated alkanes) is 3. The highest BCUT2D eigenvalue weighted by Crippen LogP contribution is 2.17. The van der Waals surface area contributed by atoms with Crippen molar-refractivity contribution in [3.8, 4) is 0 Å². The van der Waals surface area contributed by atoms with Gasteiger partial charge in [-0.25, -0.2) is 0 Å². The minimum absolute atomic E-state index is 0.837. The Morgan fingerprint density at radius 3 is 1.08 bits per heavy atom. The Bertz CT molecular complexity index is 866. The highest BCUT2D eigenvalue weighted by atomic mass is 15.2. The summed E-state index contributed by atoms with van der Waals surface area (Å²) < 4.78 is 0. The number of nitrogens with one attached hydrogen (secondary N) is 8. The van der Waals surface area contributed by atoms with E-state index >= 15 is 0 Å². The smallest absolute Gasteiger partial charge is 0.0480 e. The van der Waals surface area contributed by atoms with Crippen molar-refractivity contribution in [3.05, 3.63) is 0 Å². The molecule has 0 aliphatic rings. The summed E-state index contributed by atoms with van der Waals surface area (Å²) >= 11 is 0. The number of likely N-dealkylation sites (N-methyl/N-ethyl adjacent to an activating group) is 1. The van der Waals surface area contributed by atoms with Gasteiger partial charge in [-0.2, -0.15) is 0 Å². The van der Waals surface area contributed by atoms with Gasteiger partial charge in [0.1, 0.15) is 0 Å². The highest BCUT2D eigenvalue weighted by Gasteiger charge is 2.11. The van der Waals surface area contributed by atoms with Crippen LogP contribution in [0.25, 0.3) is 0 Å². The van der Waals surface area contributed by atoms with E-state index in [4.69, 9.17) is 0 Å². The Balaban J connectivity index is 5.18. The van der Waals surface area contributed by atoms with E-state index in [1.54, 1.807) is 0 Å². The van der Waals surface area contributed by atoms with Crippen molar-refractivity contribution >= 4 is 0 Å². The summed E-state index contributed by atoms with van der Waals surface area (Å²) in [6, 6.07) is 0. The Morgan fingerprint density at radius 2 is 0.646 bits per heavy atom. The molecule has 0 rings (SSSR count). The summed E-state index contributed by atoms with van der Waals surface area (Å²) in [6.45, 7) is 48.2. The van der Waals surface area contributed by atoms with Gasteiger partial charge >= 0.3 is 0 Å². The molecule has 8 N–H and O–H groups in total. The normalized spacial score (nSPS) is 12.7. The van der Waals surface area contributed by atoms with Crippen molar-refractivity contribution in [1.82, 2.24) is 67.0 Å². The van der Waals surface area contributed by atoms with Crippen LogP contribution in [0.2, 0.25) is 0 Å². The molecule has 0 saturated heterocycles. The summed E-state index contributed by atoms with van der Waals surface area (Å²) in [5, 5.41) is 29.6. The lowest BCUT2D eigenvalue weighted by Crippen LogP contribution is -2.43. The second kappa shape index (κ2) is 52.8. The molecule has 0 amide bonds. The molecular weight excluding hydrogens is 807 g/mol. The molecule has 13 nitrogen and oxygen atoms in total. The fourth-order valence-corrected chi connectivity index (χ4v) is 8.80. The first-order valence-corrected chi connectivity index (χ1v) is 28.2. The summed E-state index contributed by atoms with van der Waals surface area (Å²) in [7, 11) is 2.02. The molecule has 0 aromatic carbocycles. The maximum atomic E-state index is 3.88. The van der Waals surface area contributed by atoms with Crippen molar-refractivity contribution < 1.29 is 0 Å². The van der Waals surface area contributed by atoms with Gasteiger partial charge in [0, 0.05) is 124 Å². The Morgan fingerprint density at radius 1 is 0.262 bits per heavy atom. The van der Waals surface area contributed by atoms with E-state index in [1.165, 1.54) is 129 Å². The molecule has 0 fully saturated rings. The van der Waals surface area contributed by atoms with Crippen molar-refractivity contribution in [2.75, 3.05) is 197 Å². The minimum atomic E-state index is 0.837. The zero-order chi connectivity index (χ0) is 47.5. The lowest BCUT2D eigenvalue weighted by atomic mass is 9.94. The third-order valence-electron chi connectivity index (χ3n) is 12.6. The van der Waals surface area contributed by atoms with Gasteiger partial charge in [-0.3, -0.25) is 9.80 Å². The molecule has 0 saturated carbocycles. The van der Waals surface area contributed by atoms with Gasteiger partial charge in [0.15, 0.2) is 0 Å². The summed E-state index contributed by atoms with van der Waals surface area (Å²) in [5.41, 5.74) is 0. The van der Waals surface area contributed by atoms with Crippen LogP contribution in [0.5, 0.6) is 0 Å². The molecule has 65 heavy (non-hydrogen) atoms. The predicted molar refractivity (Wildman–Crippen MR) is 289 cm³/mol. The van der Waals surface area contributed by atoms with E-state index in [0.29, 0.717) is 0 Å². The van der Waals surface area contributed by atoms with Gasteiger partial charge in [-0.15, -0.1) is 0 Å². The third kappa shape index (κ3) is 44.4. The second-order valence-electron chi connectivity index (χ2n) is 18.9. The minimum Gasteiger partial charge on any atom is -0.318 e.